The van der Waals surface area contributed by atoms with E-state index in [9.17, 15) is 24.9 Å². The van der Waals surface area contributed by atoms with Gasteiger partial charge in [0.15, 0.2) is 11.6 Å². The van der Waals surface area contributed by atoms with Crippen LogP contribution in [0.2, 0.25) is 0 Å². The minimum Gasteiger partial charge on any atom is -0.481 e. The molecule has 0 aliphatic carbocycles. The number of carboxylic acids is 1. The molecule has 0 aromatic heterocycles. The number of nitrogens with one attached hydrogen (secondary N) is 1. The van der Waals surface area contributed by atoms with E-state index in [1.165, 1.54) is 0 Å². The average molecular weight is 856 g/mol. The number of carbonyl (C=O) groups is 2. The monoisotopic (exact) mass is 856 g/mol. The Labute approximate surface area is 364 Å². The fourth-order valence-electron chi connectivity index (χ4n) is 11.4. The quantitative estimate of drug-likeness (QED) is 0.0941. The van der Waals surface area contributed by atoms with Crippen molar-refractivity contribution in [2.24, 2.45) is 41.4 Å². The number of hydrogen-bond acceptors (Lipinski definition) is 11. The summed E-state index contributed by atoms with van der Waals surface area (Å²) in [5.74, 6) is -5.56. The van der Waals surface area contributed by atoms with E-state index in [0.717, 1.165) is 18.4 Å². The number of aliphatic hydroxyl groups excluding tert-OH is 1. The van der Waals surface area contributed by atoms with Gasteiger partial charge in [0.2, 0.25) is 0 Å². The molecule has 1 aromatic rings. The van der Waals surface area contributed by atoms with Crippen LogP contribution in [0.15, 0.2) is 42.5 Å². The Morgan fingerprint density at radius 3 is 2.25 bits per heavy atom. The molecule has 5 heterocycles. The molecular weight excluding hydrogens is 779 g/mol. The Balaban J connectivity index is 1.22. The number of aliphatic carboxylic acids is 1. The van der Waals surface area contributed by atoms with E-state index in [4.69, 9.17) is 28.5 Å². The Bertz CT molecular complexity index is 1660. The second-order valence-electron chi connectivity index (χ2n) is 19.8. The summed E-state index contributed by atoms with van der Waals surface area (Å²) < 4.78 is 34.7. The number of hydrogen-bond donors (Lipinski definition) is 4. The summed E-state index contributed by atoms with van der Waals surface area (Å²) >= 11 is 0. The number of hydroxylamine groups is 1. The summed E-state index contributed by atoms with van der Waals surface area (Å²) in [5, 5.41) is 33.0. The highest BCUT2D eigenvalue weighted by Gasteiger charge is 2.63. The van der Waals surface area contributed by atoms with Crippen LogP contribution in [0.4, 0.5) is 0 Å². The smallest absolute Gasteiger partial charge is 0.309 e. The molecule has 1 aromatic carbocycles. The van der Waals surface area contributed by atoms with Gasteiger partial charge in [-0.2, -0.15) is 5.48 Å². The first-order valence-corrected chi connectivity index (χ1v) is 23.5. The number of rotatable bonds is 16. The molecule has 4 fully saturated rings. The highest BCUT2D eigenvalue weighted by molar-refractivity contribution is 5.84. The first kappa shape index (κ1) is 48.2. The van der Waals surface area contributed by atoms with Crippen LogP contribution in [0.1, 0.15) is 139 Å². The van der Waals surface area contributed by atoms with Gasteiger partial charge in [-0.25, -0.2) is 0 Å². The summed E-state index contributed by atoms with van der Waals surface area (Å²) in [5.41, 5.74) is 2.68. The number of carboxylic acid groups (broad SMARTS) is 1. The highest BCUT2D eigenvalue weighted by Crippen LogP contribution is 2.54. The van der Waals surface area contributed by atoms with E-state index in [2.05, 4.69) is 33.2 Å². The van der Waals surface area contributed by atoms with Crippen LogP contribution in [-0.2, 0) is 44.7 Å². The van der Waals surface area contributed by atoms with E-state index in [-0.39, 0.29) is 41.8 Å². The van der Waals surface area contributed by atoms with Crippen LogP contribution in [0.5, 0.6) is 0 Å². The molecule has 5 aliphatic rings. The number of benzene rings is 1. The van der Waals surface area contributed by atoms with E-state index in [1.54, 1.807) is 6.92 Å². The Morgan fingerprint density at radius 1 is 0.902 bits per heavy atom. The lowest BCUT2D eigenvalue weighted by atomic mass is 9.72. The van der Waals surface area contributed by atoms with Gasteiger partial charge in [-0.3, -0.25) is 14.4 Å². The molecule has 344 valence electrons. The predicted octanol–water partition coefficient (Wildman–Crippen LogP) is 7.92. The van der Waals surface area contributed by atoms with Crippen molar-refractivity contribution in [2.45, 2.75) is 205 Å². The number of aliphatic hydroxyl groups is 2. The zero-order chi connectivity index (χ0) is 44.5. The van der Waals surface area contributed by atoms with Crippen molar-refractivity contribution in [2.75, 3.05) is 0 Å². The van der Waals surface area contributed by atoms with Gasteiger partial charge in [-0.05, 0) is 95.1 Å². The van der Waals surface area contributed by atoms with Gasteiger partial charge in [0.25, 0.3) is 0 Å². The Hall–Kier alpha value is -2.26. The second kappa shape index (κ2) is 19.5. The maximum Gasteiger partial charge on any atom is 0.309 e. The van der Waals surface area contributed by atoms with Crippen LogP contribution in [-0.4, -0.2) is 92.5 Å². The predicted molar refractivity (Wildman–Crippen MR) is 231 cm³/mol. The first-order valence-electron chi connectivity index (χ1n) is 23.5. The van der Waals surface area contributed by atoms with Gasteiger partial charge in [0, 0.05) is 30.1 Å². The average Bonchev–Trinajstić information content (AvgIpc) is 3.58. The van der Waals surface area contributed by atoms with E-state index < -0.39 is 76.8 Å². The fraction of sp³-hybridized carbons (Fsp3) is 0.796. The lowest BCUT2D eigenvalue weighted by Crippen LogP contribution is -2.65. The van der Waals surface area contributed by atoms with Crippen molar-refractivity contribution >= 4 is 11.8 Å². The minimum absolute atomic E-state index is 0.0166. The zero-order valence-electron chi connectivity index (χ0n) is 38.5. The standard InChI is InChI=1S/C49H77NO11/c1-11-36(45(53)54)38-20-19-29(4)43(58-38)33(8)41(51)32(7)42(52)37(12-2)44-30(5)27-31(6)48(59-44)24-21-39(50-56-28-35-17-15-14-16-18-35)49(61-48)26-25-46(10,60-49)40-22-23-47(55,13-3)34(9)57-40/h14-18,21,24,29-34,36-41,43-44,50-51,55H,11-13,19-20,22-23,25-28H2,1-10H3,(H,53,54)/t29-,30-,31+,32-,33-,34-,36?,37-,38+,39+,40+,41+,43?,44-,46-,47+,48-,49-/m0/s1. The molecule has 0 radical (unpaired) electrons. The summed E-state index contributed by atoms with van der Waals surface area (Å²) in [7, 11) is 0. The normalized spacial score (nSPS) is 41.6. The molecule has 0 amide bonds. The van der Waals surface area contributed by atoms with Gasteiger partial charge >= 0.3 is 5.97 Å². The van der Waals surface area contributed by atoms with Crippen LogP contribution >= 0.6 is 0 Å². The van der Waals surface area contributed by atoms with Crippen molar-refractivity contribution in [3.8, 4) is 0 Å². The van der Waals surface area contributed by atoms with Crippen molar-refractivity contribution in [1.82, 2.24) is 5.48 Å². The number of ether oxygens (including phenoxy) is 5. The van der Waals surface area contributed by atoms with Crippen molar-refractivity contribution in [3.63, 3.8) is 0 Å². The largest absolute Gasteiger partial charge is 0.481 e. The molecule has 5 aliphatic heterocycles. The van der Waals surface area contributed by atoms with E-state index >= 15 is 0 Å². The minimum atomic E-state index is -1.22. The van der Waals surface area contributed by atoms with E-state index in [0.29, 0.717) is 58.0 Å². The van der Waals surface area contributed by atoms with Crippen LogP contribution in [0.25, 0.3) is 0 Å². The molecule has 4 N–H and O–H groups in total. The molecule has 12 heteroatoms. The third kappa shape index (κ3) is 9.74. The SMILES string of the molecule is CCC(C(=O)O)[C@H]1CC[C@H](C)C([C@@H](C)[C@H](O)[C@H](C)C(=O)[C@H](CC)[C@H]2O[C@]3(C=C[C@@H](NOCc4ccccc4)[C@]4(CC[C@@](C)([C@H]5CC[C@](O)(CC)[C@H](C)O5)O4)O3)[C@H](C)C[C@@H]2C)O1. The summed E-state index contributed by atoms with van der Waals surface area (Å²) in [6.07, 6.45) is 7.29. The van der Waals surface area contributed by atoms with Gasteiger partial charge in [0.05, 0.1) is 60.4 Å². The molecule has 6 rings (SSSR count). The lowest BCUT2D eigenvalue weighted by Gasteiger charge is -2.55. The number of ketones is 1. The van der Waals surface area contributed by atoms with Crippen molar-refractivity contribution < 1.29 is 53.4 Å². The molecule has 2 unspecified atom stereocenters. The Morgan fingerprint density at radius 2 is 1.61 bits per heavy atom. The molecule has 0 bridgehead atoms. The summed E-state index contributed by atoms with van der Waals surface area (Å²) in [6, 6.07) is 9.45. The molecule has 12 nitrogen and oxygen atoms in total. The second-order valence-corrected chi connectivity index (χ2v) is 19.8. The van der Waals surface area contributed by atoms with Crippen molar-refractivity contribution in [1.29, 1.82) is 0 Å². The summed E-state index contributed by atoms with van der Waals surface area (Å²) in [4.78, 5) is 32.8. The molecule has 18 atom stereocenters. The highest BCUT2D eigenvalue weighted by atomic mass is 16.8. The Kier molecular flexibility index (Phi) is 15.4. The van der Waals surface area contributed by atoms with Gasteiger partial charge in [0.1, 0.15) is 11.8 Å². The maximum atomic E-state index is 14.7. The van der Waals surface area contributed by atoms with Gasteiger partial charge < -0.3 is 39.0 Å². The van der Waals surface area contributed by atoms with E-state index in [1.807, 2.05) is 77.1 Å². The third-order valence-electron chi connectivity index (χ3n) is 15.8. The first-order chi connectivity index (χ1) is 28.9. The molecule has 61 heavy (non-hydrogen) atoms. The van der Waals surface area contributed by atoms with Gasteiger partial charge in [-0.1, -0.05) is 91.8 Å². The molecular formula is C49H77NO11. The maximum absolute atomic E-state index is 14.7. The molecule has 0 saturated carbocycles. The van der Waals surface area contributed by atoms with Crippen molar-refractivity contribution in [3.05, 3.63) is 48.0 Å². The number of carbonyl (C=O) groups excluding carboxylic acids is 1. The van der Waals surface area contributed by atoms with Crippen LogP contribution in [0.3, 0.4) is 0 Å². The third-order valence-corrected chi connectivity index (χ3v) is 15.8. The lowest BCUT2D eigenvalue weighted by molar-refractivity contribution is -0.402. The van der Waals surface area contributed by atoms with Crippen LogP contribution < -0.4 is 5.48 Å². The van der Waals surface area contributed by atoms with Gasteiger partial charge in [-0.15, -0.1) is 0 Å². The topological polar surface area (TPSA) is 162 Å². The van der Waals surface area contributed by atoms with Crippen LogP contribution in [0, 0.1) is 41.4 Å². The summed E-state index contributed by atoms with van der Waals surface area (Å²) in [6.45, 7) is 20.3. The number of Topliss-reactive ketones (excluding diaryl/α,β-unsaturated/α-hetero) is 1. The fourth-order valence-corrected chi connectivity index (χ4v) is 11.4. The molecule has 4 saturated heterocycles. The zero-order valence-corrected chi connectivity index (χ0v) is 38.5. The molecule has 2 spiro atoms.